The topological polar surface area (TPSA) is 127 Å². The van der Waals surface area contributed by atoms with Crippen LogP contribution in [0.25, 0.3) is 11.3 Å². The molecule has 2 aromatic heterocycles. The van der Waals surface area contributed by atoms with Crippen molar-refractivity contribution in [2.75, 3.05) is 11.9 Å². The van der Waals surface area contributed by atoms with Gasteiger partial charge in [-0.2, -0.15) is 5.10 Å². The van der Waals surface area contributed by atoms with Gasteiger partial charge >= 0.3 is 0 Å². The number of halogens is 1. The van der Waals surface area contributed by atoms with Gasteiger partial charge in [-0.3, -0.25) is 10.1 Å². The first-order chi connectivity index (χ1) is 17.2. The number of ether oxygens (including phenoxy) is 2. The number of hydrogen-bond donors (Lipinski definition) is 4. The van der Waals surface area contributed by atoms with Crippen LogP contribution >= 0.6 is 0 Å². The summed E-state index contributed by atoms with van der Waals surface area (Å²) < 4.78 is 29.1. The van der Waals surface area contributed by atoms with Crippen molar-refractivity contribution >= 4 is 11.5 Å². The zero-order valence-electron chi connectivity index (χ0n) is 20.7. The summed E-state index contributed by atoms with van der Waals surface area (Å²) in [7, 11) is 1.83. The lowest BCUT2D eigenvalue weighted by molar-refractivity contribution is 0.228. The molecule has 9 nitrogen and oxygen atoms in total. The summed E-state index contributed by atoms with van der Waals surface area (Å²) >= 11 is 0. The van der Waals surface area contributed by atoms with Crippen LogP contribution in [0.1, 0.15) is 43.8 Å². The van der Waals surface area contributed by atoms with Crippen molar-refractivity contribution in [3.63, 3.8) is 0 Å². The highest BCUT2D eigenvalue weighted by Gasteiger charge is 2.26. The van der Waals surface area contributed by atoms with Crippen molar-refractivity contribution in [3.05, 3.63) is 77.8 Å². The number of aromatic nitrogens is 4. The van der Waals surface area contributed by atoms with E-state index in [1.54, 1.807) is 53.5 Å². The maximum atomic E-state index is 15.9. The second-order valence-electron chi connectivity index (χ2n) is 8.58. The summed E-state index contributed by atoms with van der Waals surface area (Å²) in [4.78, 5) is 7.87. The maximum absolute atomic E-state index is 15.9. The van der Waals surface area contributed by atoms with Crippen LogP contribution in [0.4, 0.5) is 10.1 Å². The van der Waals surface area contributed by atoms with E-state index >= 15 is 4.39 Å². The molecule has 10 heteroatoms. The number of anilines is 1. The molecule has 0 aliphatic heterocycles. The van der Waals surface area contributed by atoms with E-state index in [9.17, 15) is 0 Å². The van der Waals surface area contributed by atoms with Crippen LogP contribution < -0.4 is 20.5 Å². The molecule has 4 aromatic rings. The Labute approximate surface area is 209 Å². The van der Waals surface area contributed by atoms with Gasteiger partial charge in [-0.1, -0.05) is 0 Å². The second-order valence-corrected chi connectivity index (χ2v) is 8.58. The summed E-state index contributed by atoms with van der Waals surface area (Å²) in [5, 5.41) is 15.2. The van der Waals surface area contributed by atoms with E-state index in [0.717, 1.165) is 11.3 Å². The Hall–Kier alpha value is -4.34. The first kappa shape index (κ1) is 24.8. The summed E-state index contributed by atoms with van der Waals surface area (Å²) in [6.45, 7) is 5.96. The van der Waals surface area contributed by atoms with E-state index < -0.39 is 11.9 Å². The third-order valence-corrected chi connectivity index (χ3v) is 5.42. The molecular weight excluding hydrogens is 461 g/mol. The SMILES string of the molecule is CCOc1cc(OC(C)C)c(F)c(C(Nc2ccc(C(=N)N)cc2)c2ncc(-c3cnn(C)c3)[nH]2)c1. The molecule has 1 unspecified atom stereocenters. The number of benzene rings is 2. The molecule has 0 saturated carbocycles. The molecule has 4 rings (SSSR count). The minimum Gasteiger partial charge on any atom is -0.494 e. The minimum absolute atomic E-state index is 0.0313. The molecule has 0 fully saturated rings. The van der Waals surface area contributed by atoms with Gasteiger partial charge in [0, 0.05) is 41.7 Å². The Morgan fingerprint density at radius 3 is 2.58 bits per heavy atom. The van der Waals surface area contributed by atoms with E-state index in [-0.39, 0.29) is 17.7 Å². The first-order valence-electron chi connectivity index (χ1n) is 11.6. The average molecular weight is 492 g/mol. The number of nitrogens with two attached hydrogens (primary N) is 1. The van der Waals surface area contributed by atoms with Gasteiger partial charge in [-0.25, -0.2) is 9.37 Å². The second kappa shape index (κ2) is 10.5. The predicted molar refractivity (Wildman–Crippen MR) is 137 cm³/mol. The maximum Gasteiger partial charge on any atom is 0.171 e. The summed E-state index contributed by atoms with van der Waals surface area (Å²) in [6, 6.07) is 9.52. The number of amidine groups is 1. The number of nitrogen functional groups attached to an aromatic ring is 1. The van der Waals surface area contributed by atoms with Crippen LogP contribution in [0.5, 0.6) is 11.5 Å². The molecule has 188 valence electrons. The highest BCUT2D eigenvalue weighted by Crippen LogP contribution is 2.36. The van der Waals surface area contributed by atoms with Crippen molar-refractivity contribution in [1.29, 1.82) is 5.41 Å². The molecule has 0 saturated heterocycles. The molecule has 0 bridgehead atoms. The molecule has 2 heterocycles. The van der Waals surface area contributed by atoms with E-state index in [2.05, 4.69) is 20.4 Å². The standard InChI is InChI=1S/C26H30FN7O2/c1-5-35-19-10-20(23(27)22(11-19)36-15(2)3)24(32-18-8-6-16(7-9-18)25(28)29)26-30-13-21(33-26)17-12-31-34(4)14-17/h6-15,24,32H,5H2,1-4H3,(H3,28,29)(H,30,33). The zero-order valence-corrected chi connectivity index (χ0v) is 20.7. The van der Waals surface area contributed by atoms with Crippen LogP contribution in [0.3, 0.4) is 0 Å². The van der Waals surface area contributed by atoms with Crippen molar-refractivity contribution in [2.24, 2.45) is 12.8 Å². The molecule has 1 atom stereocenters. The predicted octanol–water partition coefficient (Wildman–Crippen LogP) is 4.62. The van der Waals surface area contributed by atoms with Crippen molar-refractivity contribution in [2.45, 2.75) is 32.9 Å². The van der Waals surface area contributed by atoms with Gasteiger partial charge in [-0.05, 0) is 51.1 Å². The summed E-state index contributed by atoms with van der Waals surface area (Å²) in [5.74, 6) is 0.541. The zero-order chi connectivity index (χ0) is 25.8. The number of aromatic amines is 1. The van der Waals surface area contributed by atoms with Crippen molar-refractivity contribution < 1.29 is 13.9 Å². The fraction of sp³-hybridized carbons (Fsp3) is 0.269. The van der Waals surface area contributed by atoms with Crippen molar-refractivity contribution in [3.8, 4) is 22.8 Å². The van der Waals surface area contributed by atoms with Crippen LogP contribution in [0, 0.1) is 11.2 Å². The molecule has 0 radical (unpaired) electrons. The molecule has 2 aromatic carbocycles. The van der Waals surface area contributed by atoms with Crippen LogP contribution in [-0.2, 0) is 7.05 Å². The normalized spacial score (nSPS) is 11.9. The Morgan fingerprint density at radius 1 is 1.22 bits per heavy atom. The molecule has 0 amide bonds. The first-order valence-corrected chi connectivity index (χ1v) is 11.6. The number of nitrogens with zero attached hydrogens (tertiary/aromatic N) is 3. The van der Waals surface area contributed by atoms with Crippen molar-refractivity contribution in [1.82, 2.24) is 19.7 Å². The molecule has 36 heavy (non-hydrogen) atoms. The Balaban J connectivity index is 1.81. The number of aryl methyl sites for hydroxylation is 1. The van der Waals surface area contributed by atoms with Gasteiger partial charge in [0.2, 0.25) is 0 Å². The monoisotopic (exact) mass is 491 g/mol. The number of imidazole rings is 1. The molecular formula is C26H30FN7O2. The minimum atomic E-state index is -0.714. The summed E-state index contributed by atoms with van der Waals surface area (Å²) in [6.07, 6.45) is 5.06. The van der Waals surface area contributed by atoms with E-state index in [1.165, 1.54) is 0 Å². The lowest BCUT2D eigenvalue weighted by Crippen LogP contribution is -2.18. The van der Waals surface area contributed by atoms with Crippen LogP contribution in [-0.4, -0.2) is 38.3 Å². The molecule has 0 aliphatic rings. The van der Waals surface area contributed by atoms with Gasteiger partial charge in [-0.15, -0.1) is 0 Å². The van der Waals surface area contributed by atoms with Gasteiger partial charge in [0.05, 0.1) is 30.8 Å². The van der Waals surface area contributed by atoms with Gasteiger partial charge in [0.25, 0.3) is 0 Å². The highest BCUT2D eigenvalue weighted by atomic mass is 19.1. The smallest absolute Gasteiger partial charge is 0.171 e. The molecule has 0 aliphatic carbocycles. The summed E-state index contributed by atoms with van der Waals surface area (Å²) in [5.41, 5.74) is 8.78. The van der Waals surface area contributed by atoms with Gasteiger partial charge in [0.1, 0.15) is 23.5 Å². The largest absolute Gasteiger partial charge is 0.494 e. The fourth-order valence-corrected chi connectivity index (χ4v) is 3.79. The quantitative estimate of drug-likeness (QED) is 0.189. The number of rotatable bonds is 10. The Kier molecular flexibility index (Phi) is 7.23. The lowest BCUT2D eigenvalue weighted by Gasteiger charge is -2.22. The van der Waals surface area contributed by atoms with Gasteiger partial charge < -0.3 is 25.5 Å². The average Bonchev–Trinajstić information content (AvgIpc) is 3.49. The number of nitrogens with one attached hydrogen (secondary N) is 3. The number of H-pyrrole nitrogens is 1. The molecule has 5 N–H and O–H groups in total. The molecule has 0 spiro atoms. The third-order valence-electron chi connectivity index (χ3n) is 5.42. The Morgan fingerprint density at radius 2 is 1.97 bits per heavy atom. The van der Waals surface area contributed by atoms with Crippen LogP contribution in [0.2, 0.25) is 0 Å². The third kappa shape index (κ3) is 5.48. The highest BCUT2D eigenvalue weighted by molar-refractivity contribution is 5.95. The van der Waals surface area contributed by atoms with Gasteiger partial charge in [0.15, 0.2) is 11.6 Å². The van der Waals surface area contributed by atoms with Crippen LogP contribution in [0.15, 0.2) is 55.0 Å². The number of hydrogen-bond acceptors (Lipinski definition) is 6. The fourth-order valence-electron chi connectivity index (χ4n) is 3.79. The Bertz CT molecular complexity index is 1340. The van der Waals surface area contributed by atoms with E-state index in [4.69, 9.17) is 20.6 Å². The lowest BCUT2D eigenvalue weighted by atomic mass is 10.0. The van der Waals surface area contributed by atoms with E-state index in [1.807, 2.05) is 34.0 Å². The van der Waals surface area contributed by atoms with E-state index in [0.29, 0.717) is 35.0 Å².